The average molecular weight is 275 g/mol. The van der Waals surface area contributed by atoms with E-state index in [1.165, 1.54) is 12.7 Å². The highest BCUT2D eigenvalue weighted by Gasteiger charge is 2.16. The fourth-order valence-corrected chi connectivity index (χ4v) is 2.09. The fraction of sp³-hybridized carbons (Fsp3) is 0.467. The molecule has 0 amide bonds. The van der Waals surface area contributed by atoms with Gasteiger partial charge in [0.15, 0.2) is 0 Å². The molecule has 0 fully saturated rings. The zero-order chi connectivity index (χ0) is 14.7. The van der Waals surface area contributed by atoms with Crippen molar-refractivity contribution in [2.24, 2.45) is 0 Å². The van der Waals surface area contributed by atoms with Crippen LogP contribution in [-0.4, -0.2) is 40.0 Å². The third-order valence-corrected chi connectivity index (χ3v) is 3.30. The average Bonchev–Trinajstić information content (AvgIpc) is 2.79. The minimum atomic E-state index is -0.224. The number of carbonyl (C=O) groups excluding carboxylic acids is 1. The van der Waals surface area contributed by atoms with Crippen LogP contribution in [-0.2, 0) is 16.1 Å². The van der Waals surface area contributed by atoms with Gasteiger partial charge in [-0.2, -0.15) is 0 Å². The van der Waals surface area contributed by atoms with Gasteiger partial charge < -0.3 is 9.14 Å². The number of esters is 1. The molecule has 0 N–H and O–H groups in total. The van der Waals surface area contributed by atoms with Crippen LogP contribution < -0.4 is 0 Å². The van der Waals surface area contributed by atoms with Crippen molar-refractivity contribution in [2.45, 2.75) is 33.4 Å². The number of nitrogens with zero attached hydrogens (tertiary/aromatic N) is 3. The first-order valence-corrected chi connectivity index (χ1v) is 6.74. The number of hydrogen-bond acceptors (Lipinski definition) is 4. The smallest absolute Gasteiger partial charge is 0.319 e. The number of hydrogen-bond donors (Lipinski definition) is 0. The van der Waals surface area contributed by atoms with E-state index < -0.39 is 0 Å². The highest BCUT2D eigenvalue weighted by molar-refractivity contribution is 5.71. The van der Waals surface area contributed by atoms with Gasteiger partial charge in [0.25, 0.3) is 0 Å². The Balaban J connectivity index is 2.17. The predicted molar refractivity (Wildman–Crippen MR) is 77.5 cm³/mol. The lowest BCUT2D eigenvalue weighted by molar-refractivity contribution is -0.142. The van der Waals surface area contributed by atoms with E-state index in [-0.39, 0.29) is 18.6 Å². The topological polar surface area (TPSA) is 46.8 Å². The Morgan fingerprint density at radius 1 is 1.40 bits per heavy atom. The van der Waals surface area contributed by atoms with E-state index in [0.717, 1.165) is 11.3 Å². The molecule has 2 aromatic heterocycles. The summed E-state index contributed by atoms with van der Waals surface area (Å²) in [5.74, 6) is -0.224. The second-order valence-corrected chi connectivity index (χ2v) is 5.28. The van der Waals surface area contributed by atoms with E-state index in [2.05, 4.69) is 25.8 Å². The van der Waals surface area contributed by atoms with E-state index in [4.69, 9.17) is 4.74 Å². The standard InChI is InChI=1S/C15H21N3O2/c1-11(2)17(10-15(19)20-4)8-13-9-18-7-12(3)5-6-14(18)16-13/h5-7,9,11H,8,10H2,1-4H3. The highest BCUT2D eigenvalue weighted by Crippen LogP contribution is 2.11. The molecule has 2 heterocycles. The van der Waals surface area contributed by atoms with E-state index in [9.17, 15) is 4.79 Å². The molecular formula is C15H21N3O2. The van der Waals surface area contributed by atoms with Crippen molar-refractivity contribution in [1.82, 2.24) is 14.3 Å². The number of imidazole rings is 1. The van der Waals surface area contributed by atoms with Gasteiger partial charge in [-0.25, -0.2) is 4.98 Å². The monoisotopic (exact) mass is 275 g/mol. The van der Waals surface area contributed by atoms with Gasteiger partial charge in [0.05, 0.1) is 19.3 Å². The zero-order valence-electron chi connectivity index (χ0n) is 12.5. The van der Waals surface area contributed by atoms with E-state index in [0.29, 0.717) is 6.54 Å². The molecule has 0 aliphatic carbocycles. The van der Waals surface area contributed by atoms with Crippen LogP contribution in [0.1, 0.15) is 25.1 Å². The molecule has 0 aromatic carbocycles. The summed E-state index contributed by atoms with van der Waals surface area (Å²) in [5.41, 5.74) is 3.07. The van der Waals surface area contributed by atoms with Crippen LogP contribution in [0.15, 0.2) is 24.5 Å². The Morgan fingerprint density at radius 2 is 2.15 bits per heavy atom. The van der Waals surface area contributed by atoms with Crippen LogP contribution in [0.5, 0.6) is 0 Å². The summed E-state index contributed by atoms with van der Waals surface area (Å²) in [6.45, 7) is 7.08. The van der Waals surface area contributed by atoms with Crippen LogP contribution in [0.2, 0.25) is 0 Å². The van der Waals surface area contributed by atoms with Crippen molar-refractivity contribution in [2.75, 3.05) is 13.7 Å². The van der Waals surface area contributed by atoms with Crippen LogP contribution in [0.25, 0.3) is 5.65 Å². The molecule has 5 heteroatoms. The van der Waals surface area contributed by atoms with Gasteiger partial charge in [-0.15, -0.1) is 0 Å². The summed E-state index contributed by atoms with van der Waals surface area (Å²) in [6, 6.07) is 4.29. The molecule has 0 aliphatic rings. The maximum absolute atomic E-state index is 11.4. The van der Waals surface area contributed by atoms with E-state index in [1.54, 1.807) is 0 Å². The Hall–Kier alpha value is -1.88. The molecular weight excluding hydrogens is 254 g/mol. The van der Waals surface area contributed by atoms with Crippen molar-refractivity contribution >= 4 is 11.6 Å². The molecule has 0 spiro atoms. The lowest BCUT2D eigenvalue weighted by atomic mass is 10.3. The largest absolute Gasteiger partial charge is 0.468 e. The van der Waals surface area contributed by atoms with Gasteiger partial charge in [-0.3, -0.25) is 9.69 Å². The minimum absolute atomic E-state index is 0.224. The van der Waals surface area contributed by atoms with Gasteiger partial charge in [-0.05, 0) is 32.4 Å². The van der Waals surface area contributed by atoms with Crippen molar-refractivity contribution in [3.05, 3.63) is 35.8 Å². The number of fused-ring (bicyclic) bond motifs is 1. The van der Waals surface area contributed by atoms with Gasteiger partial charge in [0.2, 0.25) is 0 Å². The highest BCUT2D eigenvalue weighted by atomic mass is 16.5. The Labute approximate surface area is 119 Å². The summed E-state index contributed by atoms with van der Waals surface area (Å²) in [6.07, 6.45) is 4.06. The third kappa shape index (κ3) is 3.36. The molecule has 20 heavy (non-hydrogen) atoms. The van der Waals surface area contributed by atoms with Crippen LogP contribution in [0, 0.1) is 6.92 Å². The van der Waals surface area contributed by atoms with Gasteiger partial charge in [-0.1, -0.05) is 6.07 Å². The van der Waals surface area contributed by atoms with Gasteiger partial charge in [0.1, 0.15) is 5.65 Å². The van der Waals surface area contributed by atoms with E-state index in [1.807, 2.05) is 33.8 Å². The first-order valence-electron chi connectivity index (χ1n) is 6.74. The number of rotatable bonds is 5. The lowest BCUT2D eigenvalue weighted by Gasteiger charge is -2.23. The lowest BCUT2D eigenvalue weighted by Crippen LogP contribution is -2.35. The van der Waals surface area contributed by atoms with Gasteiger partial charge >= 0.3 is 5.97 Å². The molecule has 0 aliphatic heterocycles. The molecule has 2 aromatic rings. The second-order valence-electron chi connectivity index (χ2n) is 5.28. The van der Waals surface area contributed by atoms with Gasteiger partial charge in [0, 0.05) is 25.0 Å². The molecule has 0 bridgehead atoms. The number of aryl methyl sites for hydroxylation is 1. The van der Waals surface area contributed by atoms with Crippen LogP contribution >= 0.6 is 0 Å². The minimum Gasteiger partial charge on any atom is -0.468 e. The number of aromatic nitrogens is 2. The van der Waals surface area contributed by atoms with E-state index >= 15 is 0 Å². The summed E-state index contributed by atoms with van der Waals surface area (Å²) in [7, 11) is 1.41. The van der Waals surface area contributed by atoms with Crippen molar-refractivity contribution in [3.63, 3.8) is 0 Å². The molecule has 0 saturated carbocycles. The first kappa shape index (κ1) is 14.5. The van der Waals surface area contributed by atoms with Crippen molar-refractivity contribution in [3.8, 4) is 0 Å². The van der Waals surface area contributed by atoms with Crippen LogP contribution in [0.4, 0.5) is 0 Å². The Bertz CT molecular complexity index is 604. The molecule has 0 atom stereocenters. The Morgan fingerprint density at radius 3 is 2.80 bits per heavy atom. The molecule has 0 radical (unpaired) electrons. The Kier molecular flexibility index (Phi) is 4.39. The molecule has 2 rings (SSSR count). The fourth-order valence-electron chi connectivity index (χ4n) is 2.09. The molecule has 108 valence electrons. The SMILES string of the molecule is COC(=O)CN(Cc1cn2cc(C)ccc2n1)C(C)C. The maximum Gasteiger partial charge on any atom is 0.319 e. The molecule has 5 nitrogen and oxygen atoms in total. The number of methoxy groups -OCH3 is 1. The van der Waals surface area contributed by atoms with Crippen molar-refractivity contribution < 1.29 is 9.53 Å². The second kappa shape index (κ2) is 6.05. The summed E-state index contributed by atoms with van der Waals surface area (Å²) in [4.78, 5) is 18.1. The van der Waals surface area contributed by atoms with Crippen molar-refractivity contribution in [1.29, 1.82) is 0 Å². The zero-order valence-corrected chi connectivity index (χ0v) is 12.5. The summed E-state index contributed by atoms with van der Waals surface area (Å²) in [5, 5.41) is 0. The maximum atomic E-state index is 11.4. The van der Waals surface area contributed by atoms with Crippen LogP contribution in [0.3, 0.4) is 0 Å². The summed E-state index contributed by atoms with van der Waals surface area (Å²) >= 11 is 0. The predicted octanol–water partition coefficient (Wildman–Crippen LogP) is 2.03. The number of ether oxygens (including phenoxy) is 1. The third-order valence-electron chi connectivity index (χ3n) is 3.30. The summed E-state index contributed by atoms with van der Waals surface area (Å²) < 4.78 is 6.75. The number of carbonyl (C=O) groups is 1. The number of pyridine rings is 1. The molecule has 0 unspecified atom stereocenters. The normalized spacial score (nSPS) is 11.5. The quantitative estimate of drug-likeness (QED) is 0.783. The first-order chi connectivity index (χ1) is 9.49. The molecule has 0 saturated heterocycles.